The van der Waals surface area contributed by atoms with E-state index in [4.69, 9.17) is 0 Å². The number of carbonyl (C=O) groups is 1. The summed E-state index contributed by atoms with van der Waals surface area (Å²) in [4.78, 5) is 14.9. The zero-order valence-electron chi connectivity index (χ0n) is 11.7. The lowest BCUT2D eigenvalue weighted by Gasteiger charge is -2.40. The molecule has 2 aliphatic heterocycles. The van der Waals surface area contributed by atoms with Gasteiger partial charge in [0.1, 0.15) is 6.04 Å². The van der Waals surface area contributed by atoms with Crippen molar-refractivity contribution in [3.05, 3.63) is 29.8 Å². The van der Waals surface area contributed by atoms with Crippen LogP contribution >= 0.6 is 0 Å². The number of nitrogens with one attached hydrogen (secondary N) is 1. The Labute approximate surface area is 115 Å². The van der Waals surface area contributed by atoms with Gasteiger partial charge in [-0.15, -0.1) is 0 Å². The number of anilines is 1. The van der Waals surface area contributed by atoms with Gasteiger partial charge in [0, 0.05) is 24.2 Å². The van der Waals surface area contributed by atoms with Gasteiger partial charge in [0.25, 0.3) is 0 Å². The van der Waals surface area contributed by atoms with Crippen molar-refractivity contribution in [1.29, 1.82) is 0 Å². The van der Waals surface area contributed by atoms with Crippen molar-refractivity contribution in [2.75, 3.05) is 5.32 Å². The Balaban J connectivity index is 1.75. The summed E-state index contributed by atoms with van der Waals surface area (Å²) in [5, 5.41) is 3.38. The van der Waals surface area contributed by atoms with Crippen LogP contribution in [0.25, 0.3) is 0 Å². The normalized spacial score (nSPS) is 29.8. The molecule has 3 rings (SSSR count). The summed E-state index contributed by atoms with van der Waals surface area (Å²) in [6.45, 7) is 4.35. The molecule has 0 bridgehead atoms. The average molecular weight is 258 g/mol. The van der Waals surface area contributed by atoms with Crippen LogP contribution in [0.5, 0.6) is 0 Å². The lowest BCUT2D eigenvalue weighted by atomic mass is 9.96. The van der Waals surface area contributed by atoms with Crippen molar-refractivity contribution >= 4 is 11.6 Å². The minimum absolute atomic E-state index is 0.0691. The highest BCUT2D eigenvalue weighted by Crippen LogP contribution is 2.29. The molecule has 1 saturated heterocycles. The molecule has 0 aromatic heterocycles. The summed E-state index contributed by atoms with van der Waals surface area (Å²) in [5.41, 5.74) is 2.39. The second-order valence-electron chi connectivity index (χ2n) is 5.93. The molecule has 1 aromatic rings. The summed E-state index contributed by atoms with van der Waals surface area (Å²) in [5.74, 6) is 0.274. The van der Waals surface area contributed by atoms with E-state index in [0.29, 0.717) is 12.1 Å². The van der Waals surface area contributed by atoms with Crippen molar-refractivity contribution in [3.8, 4) is 0 Å². The van der Waals surface area contributed by atoms with E-state index in [1.807, 2.05) is 12.1 Å². The van der Waals surface area contributed by atoms with Crippen LogP contribution in [0, 0.1) is 0 Å². The predicted molar refractivity (Wildman–Crippen MR) is 77.2 cm³/mol. The number of para-hydroxylation sites is 1. The number of amides is 1. The number of hydrogen-bond acceptors (Lipinski definition) is 2. The molecule has 0 radical (unpaired) electrons. The van der Waals surface area contributed by atoms with Crippen LogP contribution < -0.4 is 5.32 Å². The predicted octanol–water partition coefficient (Wildman–Crippen LogP) is 2.81. The molecule has 3 unspecified atom stereocenters. The Morgan fingerprint density at radius 1 is 1.21 bits per heavy atom. The average Bonchev–Trinajstić information content (AvgIpc) is 2.82. The first-order valence-electron chi connectivity index (χ1n) is 7.33. The zero-order chi connectivity index (χ0) is 13.4. The molecular weight excluding hydrogens is 236 g/mol. The van der Waals surface area contributed by atoms with E-state index in [9.17, 15) is 4.79 Å². The fourth-order valence-electron chi connectivity index (χ4n) is 3.48. The van der Waals surface area contributed by atoms with Gasteiger partial charge in [-0.1, -0.05) is 18.2 Å². The molecule has 102 valence electrons. The number of nitrogens with zero attached hydrogens (tertiary/aromatic N) is 1. The van der Waals surface area contributed by atoms with Crippen molar-refractivity contribution in [2.24, 2.45) is 0 Å². The van der Waals surface area contributed by atoms with Gasteiger partial charge in [-0.2, -0.15) is 0 Å². The van der Waals surface area contributed by atoms with Crippen molar-refractivity contribution in [1.82, 2.24) is 4.90 Å². The van der Waals surface area contributed by atoms with Crippen LogP contribution in [0.15, 0.2) is 24.3 Å². The van der Waals surface area contributed by atoms with Gasteiger partial charge in [0.15, 0.2) is 0 Å². The Morgan fingerprint density at radius 3 is 2.58 bits per heavy atom. The van der Waals surface area contributed by atoms with E-state index in [-0.39, 0.29) is 11.9 Å². The van der Waals surface area contributed by atoms with E-state index < -0.39 is 0 Å². The fourth-order valence-corrected chi connectivity index (χ4v) is 3.48. The maximum atomic E-state index is 12.8. The summed E-state index contributed by atoms with van der Waals surface area (Å²) < 4.78 is 0. The minimum atomic E-state index is -0.0691. The van der Waals surface area contributed by atoms with E-state index in [2.05, 4.69) is 36.2 Å². The number of likely N-dealkylation sites (tertiary alicyclic amines) is 1. The zero-order valence-corrected chi connectivity index (χ0v) is 11.7. The molecule has 2 aliphatic rings. The van der Waals surface area contributed by atoms with Gasteiger partial charge >= 0.3 is 0 Å². The molecule has 0 spiro atoms. The maximum Gasteiger partial charge on any atom is 0.245 e. The van der Waals surface area contributed by atoms with Gasteiger partial charge in [-0.05, 0) is 44.7 Å². The van der Waals surface area contributed by atoms with Gasteiger partial charge in [0.05, 0.1) is 0 Å². The molecule has 1 amide bonds. The summed E-state index contributed by atoms with van der Waals surface area (Å²) >= 11 is 0. The highest BCUT2D eigenvalue weighted by atomic mass is 16.2. The molecule has 1 aromatic carbocycles. The largest absolute Gasteiger partial charge is 0.373 e. The van der Waals surface area contributed by atoms with E-state index in [1.54, 1.807) is 0 Å². The number of hydrogen-bond donors (Lipinski definition) is 1. The van der Waals surface area contributed by atoms with Crippen LogP contribution in [0.1, 0.15) is 38.7 Å². The number of rotatable bonds is 1. The molecule has 0 saturated carbocycles. The highest BCUT2D eigenvalue weighted by molar-refractivity contribution is 5.88. The summed E-state index contributed by atoms with van der Waals surface area (Å²) in [6.07, 6.45) is 4.33. The number of benzene rings is 1. The van der Waals surface area contributed by atoms with Gasteiger partial charge < -0.3 is 10.2 Å². The van der Waals surface area contributed by atoms with Gasteiger partial charge in [-0.3, -0.25) is 4.79 Å². The summed E-state index contributed by atoms with van der Waals surface area (Å²) in [7, 11) is 0. The summed E-state index contributed by atoms with van der Waals surface area (Å²) in [6, 6.07) is 8.92. The van der Waals surface area contributed by atoms with Crippen molar-refractivity contribution in [2.45, 2.75) is 57.7 Å². The highest BCUT2D eigenvalue weighted by Gasteiger charge is 2.35. The molecule has 3 heteroatoms. The molecule has 3 atom stereocenters. The van der Waals surface area contributed by atoms with Crippen molar-refractivity contribution < 1.29 is 4.79 Å². The molecule has 19 heavy (non-hydrogen) atoms. The first-order valence-corrected chi connectivity index (χ1v) is 7.33. The smallest absolute Gasteiger partial charge is 0.245 e. The van der Waals surface area contributed by atoms with Crippen LogP contribution in [-0.2, 0) is 11.2 Å². The number of fused-ring (bicyclic) bond motifs is 1. The van der Waals surface area contributed by atoms with Crippen LogP contribution in [0.2, 0.25) is 0 Å². The Hall–Kier alpha value is -1.51. The Kier molecular flexibility index (Phi) is 3.21. The van der Waals surface area contributed by atoms with E-state index >= 15 is 0 Å². The third-order valence-corrected chi connectivity index (χ3v) is 4.52. The number of piperidine rings is 1. The lowest BCUT2D eigenvalue weighted by molar-refractivity contribution is -0.137. The monoisotopic (exact) mass is 258 g/mol. The third kappa shape index (κ3) is 2.22. The first-order chi connectivity index (χ1) is 9.16. The van der Waals surface area contributed by atoms with E-state index in [0.717, 1.165) is 24.9 Å². The second kappa shape index (κ2) is 4.87. The molecular formula is C16H22N2O. The Bertz CT molecular complexity index is 450. The molecule has 1 N–H and O–H groups in total. The van der Waals surface area contributed by atoms with Crippen LogP contribution in [0.3, 0.4) is 0 Å². The fraction of sp³-hybridized carbons (Fsp3) is 0.562. The molecule has 1 fully saturated rings. The minimum Gasteiger partial charge on any atom is -0.373 e. The third-order valence-electron chi connectivity index (χ3n) is 4.52. The van der Waals surface area contributed by atoms with Crippen LogP contribution in [0.4, 0.5) is 5.69 Å². The maximum absolute atomic E-state index is 12.8. The standard InChI is InChI=1S/C16H22N2O/c1-11-6-5-7-12(2)18(11)16(19)15-10-13-8-3-4-9-14(13)17-15/h3-4,8-9,11-12,15,17H,5-7,10H2,1-2H3. The molecule has 3 nitrogen and oxygen atoms in total. The molecule has 2 heterocycles. The first kappa shape index (κ1) is 12.5. The van der Waals surface area contributed by atoms with E-state index in [1.165, 1.54) is 12.0 Å². The van der Waals surface area contributed by atoms with Gasteiger partial charge in [-0.25, -0.2) is 0 Å². The molecule has 0 aliphatic carbocycles. The van der Waals surface area contributed by atoms with Gasteiger partial charge in [0.2, 0.25) is 5.91 Å². The van der Waals surface area contributed by atoms with Crippen molar-refractivity contribution in [3.63, 3.8) is 0 Å². The second-order valence-corrected chi connectivity index (χ2v) is 5.93. The topological polar surface area (TPSA) is 32.3 Å². The quantitative estimate of drug-likeness (QED) is 0.840. The SMILES string of the molecule is CC1CCCC(C)N1C(=O)C1Cc2ccccc2N1. The Morgan fingerprint density at radius 2 is 1.89 bits per heavy atom. The lowest BCUT2D eigenvalue weighted by Crippen LogP contribution is -2.52. The number of carbonyl (C=O) groups excluding carboxylic acids is 1. The van der Waals surface area contributed by atoms with Crippen LogP contribution in [-0.4, -0.2) is 28.9 Å².